The molecule has 10 nitrogen and oxygen atoms in total. The lowest BCUT2D eigenvalue weighted by molar-refractivity contribution is 0.0499. The van der Waals surface area contributed by atoms with Gasteiger partial charge in [-0.2, -0.15) is 5.10 Å². The van der Waals surface area contributed by atoms with Crippen LogP contribution >= 0.6 is 0 Å². The highest BCUT2D eigenvalue weighted by molar-refractivity contribution is 7.91. The number of hydrogen-bond donors (Lipinski definition) is 1. The Bertz CT molecular complexity index is 1710. The topological polar surface area (TPSA) is 129 Å². The Kier molecular flexibility index (Phi) is 8.07. The second-order valence-corrected chi connectivity index (χ2v) is 12.3. The van der Waals surface area contributed by atoms with Gasteiger partial charge in [0, 0.05) is 11.3 Å². The molecule has 41 heavy (non-hydrogen) atoms. The third-order valence-electron chi connectivity index (χ3n) is 7.11. The predicted octanol–water partition coefficient (Wildman–Crippen LogP) is 4.98. The van der Waals surface area contributed by atoms with Crippen LogP contribution in [0.5, 0.6) is 5.75 Å². The number of methoxy groups -OCH3 is 1. The van der Waals surface area contributed by atoms with Gasteiger partial charge in [0.1, 0.15) is 5.75 Å². The largest absolute Gasteiger partial charge is 0.497 e. The Balaban J connectivity index is 1.52. The van der Waals surface area contributed by atoms with Crippen molar-refractivity contribution in [2.24, 2.45) is 0 Å². The molecule has 2 aromatic carbocycles. The average molecular weight is 577 g/mol. The smallest absolute Gasteiger partial charge is 0.338 e. The molecular formula is C30H32N4O6S. The lowest BCUT2D eigenvalue weighted by atomic mass is 10.0. The lowest BCUT2D eigenvalue weighted by Gasteiger charge is -2.13. The van der Waals surface area contributed by atoms with E-state index in [2.05, 4.69) is 10.4 Å². The highest BCUT2D eigenvalue weighted by Gasteiger charge is 2.32. The first-order valence-electron chi connectivity index (χ1n) is 13.5. The number of anilines is 1. The van der Waals surface area contributed by atoms with Crippen LogP contribution in [0.4, 0.5) is 5.69 Å². The van der Waals surface area contributed by atoms with Gasteiger partial charge in [0.05, 0.1) is 59.2 Å². The summed E-state index contributed by atoms with van der Waals surface area (Å²) < 4.78 is 36.8. The first-order chi connectivity index (χ1) is 19.7. The Labute approximate surface area is 238 Å². The van der Waals surface area contributed by atoms with E-state index in [9.17, 15) is 18.0 Å². The highest BCUT2D eigenvalue weighted by atomic mass is 32.2. The van der Waals surface area contributed by atoms with E-state index in [1.807, 2.05) is 31.2 Å². The first-order valence-corrected chi connectivity index (χ1v) is 15.3. The van der Waals surface area contributed by atoms with E-state index in [4.69, 9.17) is 14.5 Å². The molecule has 1 N–H and O–H groups in total. The molecular weight excluding hydrogens is 544 g/mol. The molecule has 0 radical (unpaired) electrons. The molecule has 1 unspecified atom stereocenters. The van der Waals surface area contributed by atoms with Gasteiger partial charge >= 0.3 is 5.97 Å². The fourth-order valence-corrected chi connectivity index (χ4v) is 6.62. The standard InChI is InChI=1S/C30H32N4O6S/c1-4-5-14-40-30(36)20-9-11-22(12-10-20)31-29(35)25-17-26(21-7-6-8-24(16-21)39-3)32-28-27(25)19(2)33-34(28)23-13-15-41(37,38)18-23/h6-12,16-17,23H,4-5,13-15,18H2,1-3H3,(H,31,35). The van der Waals surface area contributed by atoms with E-state index in [0.29, 0.717) is 58.0 Å². The number of carbonyl (C=O) groups excluding carboxylic acids is 2. The predicted molar refractivity (Wildman–Crippen MR) is 156 cm³/mol. The summed E-state index contributed by atoms with van der Waals surface area (Å²) in [5, 5.41) is 8.11. The minimum absolute atomic E-state index is 0.0248. The van der Waals surface area contributed by atoms with Gasteiger partial charge < -0.3 is 14.8 Å². The quantitative estimate of drug-likeness (QED) is 0.218. The van der Waals surface area contributed by atoms with E-state index >= 15 is 0 Å². The Morgan fingerprint density at radius 1 is 1.12 bits per heavy atom. The Morgan fingerprint density at radius 3 is 2.59 bits per heavy atom. The maximum atomic E-state index is 13.7. The molecule has 11 heteroatoms. The van der Waals surface area contributed by atoms with Gasteiger partial charge in [-0.25, -0.2) is 22.9 Å². The highest BCUT2D eigenvalue weighted by Crippen LogP contribution is 2.33. The van der Waals surface area contributed by atoms with Gasteiger partial charge in [0.25, 0.3) is 5.91 Å². The number of sulfone groups is 1. The van der Waals surface area contributed by atoms with Gasteiger partial charge in [0.2, 0.25) is 0 Å². The number of carbonyl (C=O) groups is 2. The van der Waals surface area contributed by atoms with Crippen LogP contribution in [0, 0.1) is 6.92 Å². The zero-order chi connectivity index (χ0) is 29.1. The molecule has 1 aliphatic rings. The SMILES string of the molecule is CCCCOC(=O)c1ccc(NC(=O)c2cc(-c3cccc(OC)c3)nc3c2c(C)nn3C2CCS(=O)(=O)C2)cc1. The van der Waals surface area contributed by atoms with Crippen molar-refractivity contribution < 1.29 is 27.5 Å². The number of hydrogen-bond acceptors (Lipinski definition) is 8. The van der Waals surface area contributed by atoms with Crippen LogP contribution in [0.1, 0.15) is 58.6 Å². The summed E-state index contributed by atoms with van der Waals surface area (Å²) in [7, 11) is -1.60. The number of unbranched alkanes of at least 4 members (excludes halogenated alkanes) is 1. The fourth-order valence-electron chi connectivity index (χ4n) is 4.93. The molecule has 1 atom stereocenters. The first kappa shape index (κ1) is 28.3. The molecule has 4 aromatic rings. The van der Waals surface area contributed by atoms with Gasteiger partial charge in [-0.1, -0.05) is 25.5 Å². The molecule has 2 aromatic heterocycles. The van der Waals surface area contributed by atoms with Gasteiger partial charge in [-0.3, -0.25) is 4.79 Å². The number of rotatable bonds is 9. The maximum Gasteiger partial charge on any atom is 0.338 e. The molecule has 0 saturated carbocycles. The van der Waals surface area contributed by atoms with E-state index < -0.39 is 15.8 Å². The third kappa shape index (κ3) is 6.09. The fraction of sp³-hybridized carbons (Fsp3) is 0.333. The van der Waals surface area contributed by atoms with Crippen LogP contribution < -0.4 is 10.1 Å². The molecule has 3 heterocycles. The van der Waals surface area contributed by atoms with Gasteiger partial charge in [-0.15, -0.1) is 0 Å². The minimum atomic E-state index is -3.18. The maximum absolute atomic E-state index is 13.7. The zero-order valence-electron chi connectivity index (χ0n) is 23.2. The number of amides is 1. The van der Waals surface area contributed by atoms with E-state index in [-0.39, 0.29) is 23.5 Å². The van der Waals surface area contributed by atoms with Crippen LogP contribution in [-0.4, -0.2) is 60.3 Å². The summed E-state index contributed by atoms with van der Waals surface area (Å²) >= 11 is 0. The van der Waals surface area contributed by atoms with E-state index in [1.54, 1.807) is 49.0 Å². The number of pyridine rings is 1. The molecule has 1 aliphatic heterocycles. The van der Waals surface area contributed by atoms with Crippen molar-refractivity contribution >= 4 is 38.4 Å². The van der Waals surface area contributed by atoms with Crippen molar-refractivity contribution in [3.8, 4) is 17.0 Å². The van der Waals surface area contributed by atoms with E-state index in [1.165, 1.54) is 0 Å². The van der Waals surface area contributed by atoms with Crippen LogP contribution in [0.2, 0.25) is 0 Å². The molecule has 1 amide bonds. The number of benzene rings is 2. The number of aromatic nitrogens is 3. The normalized spacial score (nSPS) is 16.0. The number of nitrogens with zero attached hydrogens (tertiary/aromatic N) is 3. The molecule has 0 bridgehead atoms. The summed E-state index contributed by atoms with van der Waals surface area (Å²) in [6.45, 7) is 4.17. The summed E-state index contributed by atoms with van der Waals surface area (Å²) in [5.41, 5.74) is 3.52. The number of esters is 1. The Hall–Kier alpha value is -4.25. The van der Waals surface area contributed by atoms with Crippen molar-refractivity contribution in [1.82, 2.24) is 14.8 Å². The molecule has 1 fully saturated rings. The summed E-state index contributed by atoms with van der Waals surface area (Å²) in [6.07, 6.45) is 2.15. The summed E-state index contributed by atoms with van der Waals surface area (Å²) in [5.74, 6) is -0.101. The zero-order valence-corrected chi connectivity index (χ0v) is 24.0. The molecule has 214 valence electrons. The van der Waals surface area contributed by atoms with Crippen molar-refractivity contribution in [2.75, 3.05) is 30.5 Å². The van der Waals surface area contributed by atoms with Crippen LogP contribution in [0.25, 0.3) is 22.3 Å². The number of nitrogens with one attached hydrogen (secondary N) is 1. The molecule has 5 rings (SSSR count). The Morgan fingerprint density at radius 2 is 1.90 bits per heavy atom. The monoisotopic (exact) mass is 576 g/mol. The number of aryl methyl sites for hydroxylation is 1. The number of fused-ring (bicyclic) bond motifs is 1. The summed E-state index contributed by atoms with van der Waals surface area (Å²) in [4.78, 5) is 30.8. The molecule has 0 aliphatic carbocycles. The van der Waals surface area contributed by atoms with Crippen LogP contribution in [0.15, 0.2) is 54.6 Å². The van der Waals surface area contributed by atoms with Gasteiger partial charge in [-0.05, 0) is 62.2 Å². The minimum Gasteiger partial charge on any atom is -0.497 e. The third-order valence-corrected chi connectivity index (χ3v) is 8.86. The molecule has 0 spiro atoms. The van der Waals surface area contributed by atoms with Gasteiger partial charge in [0.15, 0.2) is 15.5 Å². The van der Waals surface area contributed by atoms with E-state index in [0.717, 1.165) is 18.4 Å². The number of ether oxygens (including phenoxy) is 2. The van der Waals surface area contributed by atoms with Crippen molar-refractivity contribution in [3.63, 3.8) is 0 Å². The lowest BCUT2D eigenvalue weighted by Crippen LogP contribution is -2.15. The van der Waals surface area contributed by atoms with Crippen molar-refractivity contribution in [3.05, 3.63) is 71.4 Å². The van der Waals surface area contributed by atoms with Crippen molar-refractivity contribution in [2.45, 2.75) is 39.2 Å². The second-order valence-electron chi connectivity index (χ2n) is 10.1. The summed E-state index contributed by atoms with van der Waals surface area (Å²) in [6, 6.07) is 15.2. The average Bonchev–Trinajstić information content (AvgIpc) is 3.51. The van der Waals surface area contributed by atoms with Crippen LogP contribution in [0.3, 0.4) is 0 Å². The second kappa shape index (κ2) is 11.7. The van der Waals surface area contributed by atoms with Crippen LogP contribution in [-0.2, 0) is 14.6 Å². The molecule has 1 saturated heterocycles. The van der Waals surface area contributed by atoms with Crippen molar-refractivity contribution in [1.29, 1.82) is 0 Å².